The van der Waals surface area contributed by atoms with E-state index in [2.05, 4.69) is 5.32 Å². The van der Waals surface area contributed by atoms with Gasteiger partial charge in [0.25, 0.3) is 5.91 Å². The number of amides is 2. The Morgan fingerprint density at radius 1 is 1.33 bits per heavy atom. The van der Waals surface area contributed by atoms with Crippen molar-refractivity contribution in [3.63, 3.8) is 0 Å². The van der Waals surface area contributed by atoms with Crippen molar-refractivity contribution >= 4 is 52.2 Å². The number of nitrogens with zero attached hydrogens (tertiary/aromatic N) is 1. The highest BCUT2D eigenvalue weighted by molar-refractivity contribution is 8.26. The Morgan fingerprint density at radius 2 is 2.00 bits per heavy atom. The van der Waals surface area contributed by atoms with Crippen molar-refractivity contribution in [3.05, 3.63) is 40.8 Å². The van der Waals surface area contributed by atoms with Crippen LogP contribution in [0.1, 0.15) is 32.3 Å². The molecule has 1 aliphatic rings. The first-order valence-corrected chi connectivity index (χ1v) is 9.88. The SMILES string of the molecule is CC[C@H](C)[C@@H](NC(=O)CCN1C(=O)/C(=C\c2ccccc2)SC1=S)C(=O)O. The molecule has 0 unspecified atom stereocenters. The maximum Gasteiger partial charge on any atom is 0.326 e. The number of hydrogen-bond acceptors (Lipinski definition) is 5. The van der Waals surface area contributed by atoms with Crippen molar-refractivity contribution < 1.29 is 19.5 Å². The van der Waals surface area contributed by atoms with E-state index in [0.717, 1.165) is 5.56 Å². The molecular formula is C19H22N2O4S2. The molecule has 0 spiro atoms. The number of carbonyl (C=O) groups is 3. The summed E-state index contributed by atoms with van der Waals surface area (Å²) in [6.07, 6.45) is 2.39. The van der Waals surface area contributed by atoms with Crippen molar-refractivity contribution in [3.8, 4) is 0 Å². The third kappa shape index (κ3) is 5.64. The van der Waals surface area contributed by atoms with Gasteiger partial charge in [0.2, 0.25) is 5.91 Å². The summed E-state index contributed by atoms with van der Waals surface area (Å²) in [5.41, 5.74) is 0.897. The largest absolute Gasteiger partial charge is 0.480 e. The van der Waals surface area contributed by atoms with Crippen molar-refractivity contribution in [2.24, 2.45) is 5.92 Å². The number of benzene rings is 1. The minimum Gasteiger partial charge on any atom is -0.480 e. The smallest absolute Gasteiger partial charge is 0.326 e. The first-order chi connectivity index (χ1) is 12.8. The zero-order chi connectivity index (χ0) is 20.0. The van der Waals surface area contributed by atoms with Crippen LogP contribution >= 0.6 is 24.0 Å². The first kappa shape index (κ1) is 21.1. The normalized spacial score (nSPS) is 17.9. The zero-order valence-corrected chi connectivity index (χ0v) is 16.8. The van der Waals surface area contributed by atoms with Crippen LogP contribution in [0, 0.1) is 5.92 Å². The van der Waals surface area contributed by atoms with Crippen molar-refractivity contribution in [2.75, 3.05) is 6.54 Å². The number of aliphatic carboxylic acids is 1. The molecule has 6 nitrogen and oxygen atoms in total. The molecule has 2 atom stereocenters. The number of carboxylic acids is 1. The summed E-state index contributed by atoms with van der Waals surface area (Å²) >= 11 is 6.45. The molecule has 2 rings (SSSR count). The highest BCUT2D eigenvalue weighted by Gasteiger charge is 2.32. The second-order valence-electron chi connectivity index (χ2n) is 6.26. The maximum atomic E-state index is 12.5. The van der Waals surface area contributed by atoms with Gasteiger partial charge in [-0.25, -0.2) is 4.79 Å². The Bertz CT molecular complexity index is 764. The molecule has 1 aromatic rings. The lowest BCUT2D eigenvalue weighted by molar-refractivity contribution is -0.143. The number of rotatable bonds is 8. The van der Waals surface area contributed by atoms with Gasteiger partial charge in [-0.15, -0.1) is 0 Å². The third-order valence-corrected chi connectivity index (χ3v) is 5.71. The minimum atomic E-state index is -1.06. The Labute approximate surface area is 168 Å². The predicted octanol–water partition coefficient (Wildman–Crippen LogP) is 2.89. The lowest BCUT2D eigenvalue weighted by Gasteiger charge is -2.21. The van der Waals surface area contributed by atoms with Crippen LogP contribution in [-0.4, -0.2) is 44.7 Å². The Balaban J connectivity index is 1.96. The van der Waals surface area contributed by atoms with Gasteiger partial charge in [-0.2, -0.15) is 0 Å². The lowest BCUT2D eigenvalue weighted by Crippen LogP contribution is -2.46. The molecule has 1 aliphatic heterocycles. The van der Waals surface area contributed by atoms with Crippen molar-refractivity contribution in [2.45, 2.75) is 32.7 Å². The van der Waals surface area contributed by atoms with Gasteiger partial charge in [0, 0.05) is 13.0 Å². The summed E-state index contributed by atoms with van der Waals surface area (Å²) in [7, 11) is 0. The van der Waals surface area contributed by atoms with Crippen LogP contribution in [0.25, 0.3) is 6.08 Å². The van der Waals surface area contributed by atoms with Crippen molar-refractivity contribution in [1.82, 2.24) is 10.2 Å². The van der Waals surface area contributed by atoms with Gasteiger partial charge >= 0.3 is 5.97 Å². The molecule has 0 bridgehead atoms. The van der Waals surface area contributed by atoms with Gasteiger partial charge in [-0.3, -0.25) is 14.5 Å². The van der Waals surface area contributed by atoms with Gasteiger partial charge in [-0.1, -0.05) is 74.6 Å². The van der Waals surface area contributed by atoms with E-state index in [9.17, 15) is 19.5 Å². The molecular weight excluding hydrogens is 384 g/mol. The molecule has 2 N–H and O–H groups in total. The number of hydrogen-bond donors (Lipinski definition) is 2. The summed E-state index contributed by atoms with van der Waals surface area (Å²) in [4.78, 5) is 37.9. The Kier molecular flexibility index (Phi) is 7.55. The van der Waals surface area contributed by atoms with Gasteiger partial charge in [0.1, 0.15) is 10.4 Å². The topological polar surface area (TPSA) is 86.7 Å². The van der Waals surface area contributed by atoms with Gasteiger partial charge < -0.3 is 10.4 Å². The highest BCUT2D eigenvalue weighted by atomic mass is 32.2. The second kappa shape index (κ2) is 9.66. The summed E-state index contributed by atoms with van der Waals surface area (Å²) in [5, 5.41) is 11.8. The summed E-state index contributed by atoms with van der Waals surface area (Å²) in [6, 6.07) is 8.50. The number of carbonyl (C=O) groups excluding carboxylic acids is 2. The fourth-order valence-electron chi connectivity index (χ4n) is 2.54. The quantitative estimate of drug-likeness (QED) is 0.510. The molecule has 0 aliphatic carbocycles. The second-order valence-corrected chi connectivity index (χ2v) is 7.94. The van der Waals surface area contributed by atoms with E-state index in [1.807, 2.05) is 37.3 Å². The van der Waals surface area contributed by atoms with Crippen molar-refractivity contribution in [1.29, 1.82) is 0 Å². The zero-order valence-electron chi connectivity index (χ0n) is 15.2. The van der Waals surface area contributed by atoms with E-state index in [1.165, 1.54) is 16.7 Å². The Morgan fingerprint density at radius 3 is 2.59 bits per heavy atom. The molecule has 0 saturated carbocycles. The van der Waals surface area contributed by atoms with Gasteiger partial charge in [-0.05, 0) is 17.6 Å². The molecule has 1 fully saturated rings. The van der Waals surface area contributed by atoms with Crippen LogP contribution in [0.3, 0.4) is 0 Å². The first-order valence-electron chi connectivity index (χ1n) is 8.66. The van der Waals surface area contributed by atoms with E-state index in [1.54, 1.807) is 13.0 Å². The van der Waals surface area contributed by atoms with Crippen LogP contribution in [0.15, 0.2) is 35.2 Å². The highest BCUT2D eigenvalue weighted by Crippen LogP contribution is 2.32. The number of thioether (sulfide) groups is 1. The predicted molar refractivity (Wildman–Crippen MR) is 110 cm³/mol. The van der Waals surface area contributed by atoms with Crippen LogP contribution in [0.4, 0.5) is 0 Å². The summed E-state index contributed by atoms with van der Waals surface area (Å²) in [6.45, 7) is 3.76. The van der Waals surface area contributed by atoms with Crippen LogP contribution in [0.5, 0.6) is 0 Å². The average Bonchev–Trinajstić information content (AvgIpc) is 2.91. The van der Waals surface area contributed by atoms with Crippen LogP contribution in [0.2, 0.25) is 0 Å². The van der Waals surface area contributed by atoms with E-state index >= 15 is 0 Å². The molecule has 0 radical (unpaired) electrons. The maximum absolute atomic E-state index is 12.5. The van der Waals surface area contributed by atoms with E-state index < -0.39 is 17.9 Å². The molecule has 1 saturated heterocycles. The standard InChI is InChI=1S/C19H22N2O4S2/c1-3-12(2)16(18(24)25)20-15(22)9-10-21-17(23)14(27-19(21)26)11-13-7-5-4-6-8-13/h4-8,11-12,16H,3,9-10H2,1-2H3,(H,20,22)(H,24,25)/b14-11+/t12-,16+/m0/s1. The molecule has 2 amide bonds. The van der Waals surface area contributed by atoms with E-state index in [4.69, 9.17) is 12.2 Å². The molecule has 144 valence electrons. The third-order valence-electron chi connectivity index (χ3n) is 4.33. The Hall–Kier alpha value is -2.19. The molecule has 8 heteroatoms. The summed E-state index contributed by atoms with van der Waals surface area (Å²) < 4.78 is 0.395. The van der Waals surface area contributed by atoms with Gasteiger partial charge in [0.15, 0.2) is 0 Å². The van der Waals surface area contributed by atoms with Crippen LogP contribution < -0.4 is 5.32 Å². The number of nitrogens with one attached hydrogen (secondary N) is 1. The monoisotopic (exact) mass is 406 g/mol. The number of carboxylic acid groups (broad SMARTS) is 1. The van der Waals surface area contributed by atoms with E-state index in [-0.39, 0.29) is 24.8 Å². The lowest BCUT2D eigenvalue weighted by atomic mass is 9.99. The minimum absolute atomic E-state index is 0.00866. The van der Waals surface area contributed by atoms with Crippen LogP contribution in [-0.2, 0) is 14.4 Å². The fourth-order valence-corrected chi connectivity index (χ4v) is 3.84. The fraction of sp³-hybridized carbons (Fsp3) is 0.368. The molecule has 0 aromatic heterocycles. The van der Waals surface area contributed by atoms with Gasteiger partial charge in [0.05, 0.1) is 4.91 Å². The summed E-state index contributed by atoms with van der Waals surface area (Å²) in [5.74, 6) is -1.90. The number of thiocarbonyl (C=S) groups is 1. The van der Waals surface area contributed by atoms with E-state index in [0.29, 0.717) is 15.6 Å². The average molecular weight is 407 g/mol. The molecule has 1 aromatic carbocycles. The molecule has 1 heterocycles. The molecule has 27 heavy (non-hydrogen) atoms.